The third-order valence-corrected chi connectivity index (χ3v) is 5.74. The maximum atomic E-state index is 12.7. The Morgan fingerprint density at radius 1 is 1.14 bits per heavy atom. The zero-order chi connectivity index (χ0) is 15.0. The Kier molecular flexibility index (Phi) is 4.14. The summed E-state index contributed by atoms with van der Waals surface area (Å²) in [5.41, 5.74) is 3.56. The molecule has 1 saturated carbocycles. The molecule has 0 aromatic carbocycles. The van der Waals surface area contributed by atoms with Crippen LogP contribution >= 0.6 is 0 Å². The summed E-state index contributed by atoms with van der Waals surface area (Å²) < 4.78 is 0. The molecule has 0 radical (unpaired) electrons. The molecule has 3 rings (SSSR count). The quantitative estimate of drug-likeness (QED) is 0.770. The summed E-state index contributed by atoms with van der Waals surface area (Å²) in [6, 6.07) is 0. The molecule has 3 aliphatic carbocycles. The van der Waals surface area contributed by atoms with Gasteiger partial charge in [-0.25, -0.2) is 0 Å². The maximum Gasteiger partial charge on any atom is 0.159 e. The van der Waals surface area contributed by atoms with Crippen molar-refractivity contribution in [1.82, 2.24) is 0 Å². The van der Waals surface area contributed by atoms with Gasteiger partial charge >= 0.3 is 0 Å². The van der Waals surface area contributed by atoms with Gasteiger partial charge in [0.05, 0.1) is 0 Å². The van der Waals surface area contributed by atoms with Crippen molar-refractivity contribution in [2.75, 3.05) is 0 Å². The Morgan fingerprint density at radius 3 is 2.67 bits per heavy atom. The molecule has 3 atom stereocenters. The van der Waals surface area contributed by atoms with Crippen LogP contribution in [0.15, 0.2) is 22.8 Å². The van der Waals surface area contributed by atoms with Crippen molar-refractivity contribution in [3.8, 4) is 0 Å². The average Bonchev–Trinajstić information content (AvgIpc) is 3.02. The first-order chi connectivity index (χ1) is 10.1. The molecule has 1 fully saturated rings. The summed E-state index contributed by atoms with van der Waals surface area (Å²) in [4.78, 5) is 24.7. The molecule has 21 heavy (non-hydrogen) atoms. The van der Waals surface area contributed by atoms with Crippen molar-refractivity contribution in [2.24, 2.45) is 17.8 Å². The molecule has 0 amide bonds. The summed E-state index contributed by atoms with van der Waals surface area (Å²) in [7, 11) is 0. The number of allylic oxidation sites excluding steroid dienone is 4. The van der Waals surface area contributed by atoms with Crippen molar-refractivity contribution >= 4 is 11.6 Å². The molecule has 2 nitrogen and oxygen atoms in total. The minimum atomic E-state index is 0.170. The van der Waals surface area contributed by atoms with Crippen molar-refractivity contribution in [2.45, 2.75) is 65.2 Å². The van der Waals surface area contributed by atoms with E-state index in [4.69, 9.17) is 0 Å². The SMILES string of the molecule is CCCC/C1=C/C2=C(C)C(=O)C[C@H]2CC(=O)[C@H]2CCC[C@@H]12. The van der Waals surface area contributed by atoms with Crippen LogP contribution in [0.1, 0.15) is 65.2 Å². The lowest BCUT2D eigenvalue weighted by atomic mass is 9.76. The van der Waals surface area contributed by atoms with E-state index in [0.717, 1.165) is 24.8 Å². The first-order valence-corrected chi connectivity index (χ1v) is 8.59. The Bertz CT molecular complexity index is 524. The number of hydrogen-bond acceptors (Lipinski definition) is 2. The van der Waals surface area contributed by atoms with E-state index in [-0.39, 0.29) is 17.6 Å². The van der Waals surface area contributed by atoms with Crippen molar-refractivity contribution in [3.05, 3.63) is 22.8 Å². The lowest BCUT2D eigenvalue weighted by molar-refractivity contribution is -0.124. The van der Waals surface area contributed by atoms with Gasteiger partial charge in [0, 0.05) is 18.8 Å². The highest BCUT2D eigenvalue weighted by Crippen LogP contribution is 2.45. The van der Waals surface area contributed by atoms with E-state index < -0.39 is 0 Å². The van der Waals surface area contributed by atoms with E-state index in [0.29, 0.717) is 24.5 Å². The molecule has 0 unspecified atom stereocenters. The highest BCUT2D eigenvalue weighted by atomic mass is 16.1. The molecule has 0 saturated heterocycles. The zero-order valence-electron chi connectivity index (χ0n) is 13.3. The Hall–Kier alpha value is -1.18. The van der Waals surface area contributed by atoms with Gasteiger partial charge in [-0.05, 0) is 55.6 Å². The Balaban J connectivity index is 2.01. The van der Waals surface area contributed by atoms with Crippen LogP contribution in [0.5, 0.6) is 0 Å². The molecule has 114 valence electrons. The van der Waals surface area contributed by atoms with Gasteiger partial charge < -0.3 is 0 Å². The maximum absolute atomic E-state index is 12.7. The monoisotopic (exact) mass is 286 g/mol. The number of unbranched alkanes of at least 4 members (excludes halogenated alkanes) is 1. The van der Waals surface area contributed by atoms with Gasteiger partial charge in [-0.2, -0.15) is 0 Å². The Morgan fingerprint density at radius 2 is 1.90 bits per heavy atom. The summed E-state index contributed by atoms with van der Waals surface area (Å²) in [5, 5.41) is 0. The van der Waals surface area contributed by atoms with E-state index >= 15 is 0 Å². The molecule has 0 spiro atoms. The smallest absolute Gasteiger partial charge is 0.159 e. The standard InChI is InChI=1S/C19H26O2/c1-3-4-6-13-9-17-12(2)18(20)10-14(17)11-19(21)16-8-5-7-15(13)16/h9,14-16H,3-8,10-11H2,1-2H3/b13-9-/t14-,15-,16-/m0/s1. The topological polar surface area (TPSA) is 34.1 Å². The largest absolute Gasteiger partial charge is 0.299 e. The van der Waals surface area contributed by atoms with Crippen molar-refractivity contribution in [1.29, 1.82) is 0 Å². The molecular formula is C19H26O2. The van der Waals surface area contributed by atoms with Crippen LogP contribution in [0.4, 0.5) is 0 Å². The van der Waals surface area contributed by atoms with Gasteiger partial charge in [0.15, 0.2) is 5.78 Å². The second-order valence-electron chi connectivity index (χ2n) is 7.04. The fourth-order valence-corrected chi connectivity index (χ4v) is 4.49. The summed E-state index contributed by atoms with van der Waals surface area (Å²) in [5.74, 6) is 1.54. The molecule has 2 heteroatoms. The average molecular weight is 286 g/mol. The minimum Gasteiger partial charge on any atom is -0.299 e. The predicted octanol–water partition coefficient (Wildman–Crippen LogP) is 4.40. The molecule has 0 heterocycles. The van der Waals surface area contributed by atoms with Gasteiger partial charge in [0.1, 0.15) is 5.78 Å². The molecule has 3 aliphatic rings. The summed E-state index contributed by atoms with van der Waals surface area (Å²) >= 11 is 0. The highest BCUT2D eigenvalue weighted by molar-refractivity contribution is 6.00. The molecule has 0 N–H and O–H groups in total. The van der Waals surface area contributed by atoms with Gasteiger partial charge in [-0.3, -0.25) is 9.59 Å². The normalized spacial score (nSPS) is 35.1. The van der Waals surface area contributed by atoms with Crippen LogP contribution in [0.2, 0.25) is 0 Å². The molecule has 0 aromatic heterocycles. The number of ketones is 2. The molecule has 0 bridgehead atoms. The fraction of sp³-hybridized carbons (Fsp3) is 0.684. The first kappa shape index (κ1) is 14.7. The lowest BCUT2D eigenvalue weighted by Crippen LogP contribution is -2.25. The lowest BCUT2D eigenvalue weighted by Gasteiger charge is -2.27. The number of fused-ring (bicyclic) bond motifs is 2. The number of carbonyl (C=O) groups excluding carboxylic acids is 2. The van der Waals surface area contributed by atoms with Crippen LogP contribution in [0.25, 0.3) is 0 Å². The number of rotatable bonds is 3. The van der Waals surface area contributed by atoms with E-state index in [9.17, 15) is 9.59 Å². The molecule has 0 aliphatic heterocycles. The second-order valence-corrected chi connectivity index (χ2v) is 7.04. The fourth-order valence-electron chi connectivity index (χ4n) is 4.49. The number of carbonyl (C=O) groups is 2. The third kappa shape index (κ3) is 2.65. The second kappa shape index (κ2) is 5.90. The van der Waals surface area contributed by atoms with Crippen LogP contribution in [0, 0.1) is 17.8 Å². The summed E-state index contributed by atoms with van der Waals surface area (Å²) in [6.07, 6.45) is 10.4. The molecular weight excluding hydrogens is 260 g/mol. The van der Waals surface area contributed by atoms with Gasteiger partial charge in [-0.1, -0.05) is 31.4 Å². The van der Waals surface area contributed by atoms with E-state index in [1.165, 1.54) is 30.4 Å². The first-order valence-electron chi connectivity index (χ1n) is 8.59. The van der Waals surface area contributed by atoms with Crippen LogP contribution in [0.3, 0.4) is 0 Å². The van der Waals surface area contributed by atoms with Crippen LogP contribution < -0.4 is 0 Å². The van der Waals surface area contributed by atoms with E-state index in [2.05, 4.69) is 13.0 Å². The van der Waals surface area contributed by atoms with Gasteiger partial charge in [-0.15, -0.1) is 0 Å². The van der Waals surface area contributed by atoms with Gasteiger partial charge in [0.2, 0.25) is 0 Å². The highest BCUT2D eigenvalue weighted by Gasteiger charge is 2.40. The van der Waals surface area contributed by atoms with E-state index in [1.54, 1.807) is 0 Å². The Labute approximate surface area is 127 Å². The number of hydrogen-bond donors (Lipinski definition) is 0. The third-order valence-electron chi connectivity index (χ3n) is 5.74. The van der Waals surface area contributed by atoms with Crippen molar-refractivity contribution in [3.63, 3.8) is 0 Å². The zero-order valence-corrected chi connectivity index (χ0v) is 13.3. The van der Waals surface area contributed by atoms with Crippen LogP contribution in [-0.4, -0.2) is 11.6 Å². The number of Topliss-reactive ketones (excluding diaryl/α,β-unsaturated/α-hetero) is 2. The van der Waals surface area contributed by atoms with Crippen LogP contribution in [-0.2, 0) is 9.59 Å². The molecule has 0 aromatic rings. The van der Waals surface area contributed by atoms with Crippen molar-refractivity contribution < 1.29 is 9.59 Å². The summed E-state index contributed by atoms with van der Waals surface area (Å²) in [6.45, 7) is 4.16. The predicted molar refractivity (Wildman–Crippen MR) is 83.9 cm³/mol. The van der Waals surface area contributed by atoms with E-state index in [1.807, 2.05) is 6.92 Å². The minimum absolute atomic E-state index is 0.170. The van der Waals surface area contributed by atoms with Gasteiger partial charge in [0.25, 0.3) is 0 Å².